The van der Waals surface area contributed by atoms with E-state index >= 15 is 0 Å². The van der Waals surface area contributed by atoms with Crippen molar-refractivity contribution in [2.24, 2.45) is 11.8 Å². The van der Waals surface area contributed by atoms with Gasteiger partial charge in [-0.25, -0.2) is 9.48 Å². The summed E-state index contributed by atoms with van der Waals surface area (Å²) in [7, 11) is 0. The number of hydrogen-bond acceptors (Lipinski definition) is 3. The van der Waals surface area contributed by atoms with Crippen LogP contribution < -0.4 is 5.69 Å². The molecule has 1 fully saturated rings. The molecule has 6 heteroatoms. The standard InChI is InChI=1S/C15H20N4O2/c1-11-7-12(2)9-17(8-11)14(20)10-19-15(21)18-6-4-3-5-13(18)16-19/h3-6,11-12H,7-10H2,1-2H3/t11-,12-/m0/s1. The predicted octanol–water partition coefficient (Wildman–Crippen LogP) is 1.00. The van der Waals surface area contributed by atoms with E-state index < -0.39 is 0 Å². The highest BCUT2D eigenvalue weighted by molar-refractivity contribution is 5.76. The van der Waals surface area contributed by atoms with Crippen molar-refractivity contribution in [2.75, 3.05) is 13.1 Å². The number of piperidine rings is 1. The van der Waals surface area contributed by atoms with Crippen molar-refractivity contribution in [3.63, 3.8) is 0 Å². The molecule has 2 aromatic rings. The van der Waals surface area contributed by atoms with Gasteiger partial charge in [0.15, 0.2) is 5.65 Å². The van der Waals surface area contributed by atoms with Gasteiger partial charge in [0.25, 0.3) is 0 Å². The third-order valence-electron chi connectivity index (χ3n) is 4.00. The molecule has 3 heterocycles. The molecule has 0 aliphatic carbocycles. The molecule has 3 rings (SSSR count). The van der Waals surface area contributed by atoms with Gasteiger partial charge in [0.1, 0.15) is 6.54 Å². The number of carbonyl (C=O) groups excluding carboxylic acids is 1. The summed E-state index contributed by atoms with van der Waals surface area (Å²) in [6.07, 6.45) is 2.81. The number of rotatable bonds is 2. The summed E-state index contributed by atoms with van der Waals surface area (Å²) in [5.74, 6) is 0.991. The minimum absolute atomic E-state index is 0.0138. The normalized spacial score (nSPS) is 22.7. The van der Waals surface area contributed by atoms with E-state index in [1.807, 2.05) is 11.0 Å². The average molecular weight is 288 g/mol. The van der Waals surface area contributed by atoms with E-state index in [4.69, 9.17) is 0 Å². The van der Waals surface area contributed by atoms with Crippen LogP contribution in [-0.4, -0.2) is 38.1 Å². The van der Waals surface area contributed by atoms with Crippen LogP contribution >= 0.6 is 0 Å². The fourth-order valence-corrected chi connectivity index (χ4v) is 3.17. The van der Waals surface area contributed by atoms with Crippen molar-refractivity contribution in [1.82, 2.24) is 19.1 Å². The molecule has 1 aliphatic heterocycles. The SMILES string of the molecule is C[C@H]1C[C@H](C)CN(C(=O)Cn2nc3ccccn3c2=O)C1. The van der Waals surface area contributed by atoms with Gasteiger partial charge in [0.05, 0.1) is 0 Å². The molecule has 1 aliphatic rings. The van der Waals surface area contributed by atoms with E-state index in [0.29, 0.717) is 17.5 Å². The van der Waals surface area contributed by atoms with Crippen LogP contribution in [-0.2, 0) is 11.3 Å². The summed E-state index contributed by atoms with van der Waals surface area (Å²) in [6, 6.07) is 5.35. The van der Waals surface area contributed by atoms with Gasteiger partial charge in [-0.05, 0) is 30.4 Å². The molecule has 0 spiro atoms. The number of amides is 1. The Labute approximate surface area is 123 Å². The van der Waals surface area contributed by atoms with Crippen LogP contribution in [0.3, 0.4) is 0 Å². The summed E-state index contributed by atoms with van der Waals surface area (Å²) in [4.78, 5) is 26.4. The van der Waals surface area contributed by atoms with Crippen LogP contribution in [0, 0.1) is 11.8 Å². The lowest BCUT2D eigenvalue weighted by Gasteiger charge is -2.34. The molecule has 1 saturated heterocycles. The van der Waals surface area contributed by atoms with Crippen molar-refractivity contribution in [1.29, 1.82) is 0 Å². The predicted molar refractivity (Wildman–Crippen MR) is 79.0 cm³/mol. The fourth-order valence-electron chi connectivity index (χ4n) is 3.17. The van der Waals surface area contributed by atoms with E-state index in [1.165, 1.54) is 9.08 Å². The third kappa shape index (κ3) is 2.70. The minimum atomic E-state index is -0.267. The first-order valence-corrected chi connectivity index (χ1v) is 7.36. The van der Waals surface area contributed by atoms with E-state index in [0.717, 1.165) is 19.5 Å². The second-order valence-electron chi connectivity index (χ2n) is 6.11. The minimum Gasteiger partial charge on any atom is -0.341 e. The number of fused-ring (bicyclic) bond motifs is 1. The lowest BCUT2D eigenvalue weighted by Crippen LogP contribution is -2.45. The molecule has 6 nitrogen and oxygen atoms in total. The molecule has 0 N–H and O–H groups in total. The van der Waals surface area contributed by atoms with Crippen LogP contribution in [0.2, 0.25) is 0 Å². The van der Waals surface area contributed by atoms with Gasteiger partial charge in [0.2, 0.25) is 5.91 Å². The van der Waals surface area contributed by atoms with Crippen LogP contribution in [0.25, 0.3) is 5.65 Å². The van der Waals surface area contributed by atoms with Gasteiger partial charge >= 0.3 is 5.69 Å². The summed E-state index contributed by atoms with van der Waals surface area (Å²) in [6.45, 7) is 5.87. The van der Waals surface area contributed by atoms with E-state index in [2.05, 4.69) is 18.9 Å². The Kier molecular flexibility index (Phi) is 3.53. The van der Waals surface area contributed by atoms with Crippen molar-refractivity contribution in [2.45, 2.75) is 26.8 Å². The van der Waals surface area contributed by atoms with Crippen LogP contribution in [0.4, 0.5) is 0 Å². The van der Waals surface area contributed by atoms with Gasteiger partial charge in [-0.3, -0.25) is 9.20 Å². The summed E-state index contributed by atoms with van der Waals surface area (Å²) >= 11 is 0. The van der Waals surface area contributed by atoms with E-state index in [1.54, 1.807) is 18.3 Å². The van der Waals surface area contributed by atoms with E-state index in [9.17, 15) is 9.59 Å². The Morgan fingerprint density at radius 3 is 2.67 bits per heavy atom. The van der Waals surface area contributed by atoms with Gasteiger partial charge in [-0.1, -0.05) is 19.9 Å². The first kappa shape index (κ1) is 13.9. The highest BCUT2D eigenvalue weighted by Crippen LogP contribution is 2.20. The van der Waals surface area contributed by atoms with Crippen LogP contribution in [0.1, 0.15) is 20.3 Å². The second-order valence-corrected chi connectivity index (χ2v) is 6.11. The largest absolute Gasteiger partial charge is 0.350 e. The molecule has 0 saturated carbocycles. The molecule has 0 bridgehead atoms. The number of nitrogens with zero attached hydrogens (tertiary/aromatic N) is 4. The first-order chi connectivity index (χ1) is 10.0. The molecular weight excluding hydrogens is 268 g/mol. The maximum atomic E-state index is 12.4. The molecule has 2 atom stereocenters. The summed E-state index contributed by atoms with van der Waals surface area (Å²) < 4.78 is 2.70. The number of aromatic nitrogens is 3. The Morgan fingerprint density at radius 2 is 2.00 bits per heavy atom. The van der Waals surface area contributed by atoms with Crippen molar-refractivity contribution < 1.29 is 4.79 Å². The number of pyridine rings is 1. The van der Waals surface area contributed by atoms with Gasteiger partial charge in [0, 0.05) is 19.3 Å². The first-order valence-electron chi connectivity index (χ1n) is 7.36. The second kappa shape index (κ2) is 5.35. The van der Waals surface area contributed by atoms with Crippen molar-refractivity contribution >= 4 is 11.6 Å². The molecule has 1 amide bonds. The number of carbonyl (C=O) groups is 1. The van der Waals surface area contributed by atoms with E-state index in [-0.39, 0.29) is 18.1 Å². The molecule has 112 valence electrons. The maximum absolute atomic E-state index is 12.4. The highest BCUT2D eigenvalue weighted by Gasteiger charge is 2.26. The number of likely N-dealkylation sites (tertiary alicyclic amines) is 1. The average Bonchev–Trinajstić information content (AvgIpc) is 2.75. The van der Waals surface area contributed by atoms with Gasteiger partial charge in [-0.2, -0.15) is 0 Å². The summed E-state index contributed by atoms with van der Waals surface area (Å²) in [5, 5.41) is 4.20. The smallest absolute Gasteiger partial charge is 0.341 e. The third-order valence-corrected chi connectivity index (χ3v) is 4.00. The van der Waals surface area contributed by atoms with Crippen LogP contribution in [0.5, 0.6) is 0 Å². The molecule has 21 heavy (non-hydrogen) atoms. The van der Waals surface area contributed by atoms with Crippen molar-refractivity contribution in [3.05, 3.63) is 34.9 Å². The molecular formula is C15H20N4O2. The van der Waals surface area contributed by atoms with Crippen molar-refractivity contribution in [3.8, 4) is 0 Å². The monoisotopic (exact) mass is 288 g/mol. The van der Waals surface area contributed by atoms with Gasteiger partial charge in [-0.15, -0.1) is 5.10 Å². The van der Waals surface area contributed by atoms with Gasteiger partial charge < -0.3 is 4.90 Å². The quantitative estimate of drug-likeness (QED) is 0.828. The zero-order chi connectivity index (χ0) is 15.0. The zero-order valence-corrected chi connectivity index (χ0v) is 12.4. The Hall–Kier alpha value is -2.11. The topological polar surface area (TPSA) is 59.6 Å². The molecule has 0 radical (unpaired) electrons. The zero-order valence-electron chi connectivity index (χ0n) is 12.4. The number of hydrogen-bond donors (Lipinski definition) is 0. The van der Waals surface area contributed by atoms with Crippen LogP contribution in [0.15, 0.2) is 29.2 Å². The Bertz CT molecular complexity index is 708. The molecule has 2 aromatic heterocycles. The highest BCUT2D eigenvalue weighted by atomic mass is 16.2. The Balaban J connectivity index is 1.80. The Morgan fingerprint density at radius 1 is 1.29 bits per heavy atom. The lowest BCUT2D eigenvalue weighted by molar-refractivity contribution is -0.134. The lowest BCUT2D eigenvalue weighted by atomic mass is 9.92. The molecule has 0 aromatic carbocycles. The fraction of sp³-hybridized carbons (Fsp3) is 0.533. The molecule has 0 unspecified atom stereocenters. The maximum Gasteiger partial charge on any atom is 0.350 e. The summed E-state index contributed by atoms with van der Waals surface area (Å²) in [5.41, 5.74) is 0.299.